The first-order valence-electron chi connectivity index (χ1n) is 9.09. The van der Waals surface area contributed by atoms with E-state index in [1.54, 1.807) is 13.8 Å². The number of carbonyl (C=O) groups is 2. The molecule has 2 heteroatoms. The molecule has 0 amide bonds. The standard InChI is InChI=1S/C23H28O2/c1-6-18-12-8-9-14-20(18)22(16(4)24)23(17(5)25)21-15(3)11-10-13-19(21)7-2/h8-14,22-23H,6-7H2,1-5H3. The van der Waals surface area contributed by atoms with E-state index >= 15 is 0 Å². The van der Waals surface area contributed by atoms with E-state index in [9.17, 15) is 9.59 Å². The Labute approximate surface area is 151 Å². The number of aryl methyl sites for hydroxylation is 3. The van der Waals surface area contributed by atoms with Crippen LogP contribution in [0.25, 0.3) is 0 Å². The smallest absolute Gasteiger partial charge is 0.138 e. The van der Waals surface area contributed by atoms with Crippen molar-refractivity contribution in [2.24, 2.45) is 0 Å². The molecular formula is C23H28O2. The molecule has 0 aliphatic carbocycles. The zero-order valence-electron chi connectivity index (χ0n) is 15.9. The molecule has 0 N–H and O–H groups in total. The molecular weight excluding hydrogens is 308 g/mol. The van der Waals surface area contributed by atoms with Crippen LogP contribution >= 0.6 is 0 Å². The number of carbonyl (C=O) groups excluding carboxylic acids is 2. The van der Waals surface area contributed by atoms with E-state index in [2.05, 4.69) is 26.0 Å². The topological polar surface area (TPSA) is 34.1 Å². The summed E-state index contributed by atoms with van der Waals surface area (Å²) in [6, 6.07) is 14.1. The summed E-state index contributed by atoms with van der Waals surface area (Å²) in [6.07, 6.45) is 1.69. The Morgan fingerprint density at radius 1 is 0.800 bits per heavy atom. The van der Waals surface area contributed by atoms with Crippen LogP contribution in [0.4, 0.5) is 0 Å². The number of rotatable bonds is 7. The fourth-order valence-corrected chi connectivity index (χ4v) is 3.89. The lowest BCUT2D eigenvalue weighted by atomic mass is 9.73. The van der Waals surface area contributed by atoms with Gasteiger partial charge >= 0.3 is 0 Å². The summed E-state index contributed by atoms with van der Waals surface area (Å²) in [5, 5.41) is 0. The van der Waals surface area contributed by atoms with E-state index < -0.39 is 11.8 Å². The van der Waals surface area contributed by atoms with Crippen molar-refractivity contribution in [3.63, 3.8) is 0 Å². The largest absolute Gasteiger partial charge is 0.299 e. The summed E-state index contributed by atoms with van der Waals surface area (Å²) in [5.41, 5.74) is 5.40. The third-order valence-corrected chi connectivity index (χ3v) is 5.09. The first-order valence-corrected chi connectivity index (χ1v) is 9.09. The van der Waals surface area contributed by atoms with Crippen LogP contribution in [0.1, 0.15) is 67.3 Å². The van der Waals surface area contributed by atoms with Crippen LogP contribution < -0.4 is 0 Å². The van der Waals surface area contributed by atoms with Gasteiger partial charge in [-0.3, -0.25) is 9.59 Å². The molecule has 2 rings (SSSR count). The second-order valence-electron chi connectivity index (χ2n) is 6.73. The van der Waals surface area contributed by atoms with Gasteiger partial charge in [0.15, 0.2) is 0 Å². The minimum absolute atomic E-state index is 0.0476. The van der Waals surface area contributed by atoms with Gasteiger partial charge in [-0.25, -0.2) is 0 Å². The van der Waals surface area contributed by atoms with Gasteiger partial charge in [-0.15, -0.1) is 0 Å². The fraction of sp³-hybridized carbons (Fsp3) is 0.391. The molecule has 0 radical (unpaired) electrons. The average molecular weight is 336 g/mol. The predicted molar refractivity (Wildman–Crippen MR) is 103 cm³/mol. The van der Waals surface area contributed by atoms with Gasteiger partial charge in [0.05, 0.1) is 11.8 Å². The molecule has 2 unspecified atom stereocenters. The molecule has 0 saturated heterocycles. The van der Waals surface area contributed by atoms with Crippen molar-refractivity contribution < 1.29 is 9.59 Å². The lowest BCUT2D eigenvalue weighted by molar-refractivity contribution is -0.125. The first-order chi connectivity index (χ1) is 11.9. The summed E-state index contributed by atoms with van der Waals surface area (Å²) in [6.45, 7) is 9.44. The van der Waals surface area contributed by atoms with Crippen LogP contribution in [0.15, 0.2) is 42.5 Å². The van der Waals surface area contributed by atoms with Crippen molar-refractivity contribution in [2.75, 3.05) is 0 Å². The molecule has 2 aromatic carbocycles. The van der Waals surface area contributed by atoms with Crippen LogP contribution in [-0.4, -0.2) is 11.6 Å². The minimum atomic E-state index is -0.431. The van der Waals surface area contributed by atoms with Gasteiger partial charge in [0, 0.05) is 0 Å². The Hall–Kier alpha value is -2.22. The SMILES string of the molecule is CCc1ccccc1C(C(C)=O)C(C(C)=O)c1c(C)cccc1CC. The van der Waals surface area contributed by atoms with Gasteiger partial charge in [0.1, 0.15) is 11.6 Å². The first kappa shape index (κ1) is 19.1. The van der Waals surface area contributed by atoms with E-state index in [4.69, 9.17) is 0 Å². The lowest BCUT2D eigenvalue weighted by Gasteiger charge is -2.28. The summed E-state index contributed by atoms with van der Waals surface area (Å²) in [7, 11) is 0. The number of hydrogen-bond donors (Lipinski definition) is 0. The fourth-order valence-electron chi connectivity index (χ4n) is 3.89. The van der Waals surface area contributed by atoms with Gasteiger partial charge in [-0.2, -0.15) is 0 Å². The highest BCUT2D eigenvalue weighted by Gasteiger charge is 2.35. The van der Waals surface area contributed by atoms with Crippen molar-refractivity contribution in [2.45, 2.75) is 59.3 Å². The third kappa shape index (κ3) is 3.89. The summed E-state index contributed by atoms with van der Waals surface area (Å²) in [5.74, 6) is -0.761. The molecule has 2 aromatic rings. The van der Waals surface area contributed by atoms with Crippen molar-refractivity contribution in [3.8, 4) is 0 Å². The zero-order chi connectivity index (χ0) is 18.6. The second kappa shape index (κ2) is 8.24. The van der Waals surface area contributed by atoms with E-state index in [0.717, 1.165) is 40.7 Å². The number of benzene rings is 2. The van der Waals surface area contributed by atoms with E-state index in [1.807, 2.05) is 37.3 Å². The number of hydrogen-bond acceptors (Lipinski definition) is 2. The normalized spacial score (nSPS) is 13.3. The minimum Gasteiger partial charge on any atom is -0.299 e. The highest BCUT2D eigenvalue weighted by atomic mass is 16.1. The predicted octanol–water partition coefficient (Wildman–Crippen LogP) is 5.17. The Morgan fingerprint density at radius 2 is 1.36 bits per heavy atom. The molecule has 0 aromatic heterocycles. The molecule has 0 fully saturated rings. The molecule has 0 bridgehead atoms. The van der Waals surface area contributed by atoms with Crippen LogP contribution in [0.3, 0.4) is 0 Å². The molecule has 0 aliphatic heterocycles. The second-order valence-corrected chi connectivity index (χ2v) is 6.73. The van der Waals surface area contributed by atoms with Crippen LogP contribution in [0.5, 0.6) is 0 Å². The molecule has 0 aliphatic rings. The lowest BCUT2D eigenvalue weighted by Crippen LogP contribution is -2.26. The van der Waals surface area contributed by atoms with Crippen molar-refractivity contribution in [1.82, 2.24) is 0 Å². The maximum atomic E-state index is 12.7. The highest BCUT2D eigenvalue weighted by Crippen LogP contribution is 2.39. The van der Waals surface area contributed by atoms with E-state index in [-0.39, 0.29) is 11.6 Å². The number of Topliss-reactive ketones (excluding diaryl/α,β-unsaturated/α-hetero) is 2. The van der Waals surface area contributed by atoms with Crippen LogP contribution in [-0.2, 0) is 22.4 Å². The molecule has 0 saturated carbocycles. The monoisotopic (exact) mass is 336 g/mol. The third-order valence-electron chi connectivity index (χ3n) is 5.09. The van der Waals surface area contributed by atoms with E-state index in [1.165, 1.54) is 0 Å². The molecule has 2 nitrogen and oxygen atoms in total. The Bertz CT molecular complexity index is 773. The Balaban J connectivity index is 2.73. The highest BCUT2D eigenvalue weighted by molar-refractivity contribution is 5.95. The molecule has 0 heterocycles. The van der Waals surface area contributed by atoms with Gasteiger partial charge in [0.25, 0.3) is 0 Å². The van der Waals surface area contributed by atoms with Crippen LogP contribution in [0, 0.1) is 6.92 Å². The summed E-state index contributed by atoms with van der Waals surface area (Å²) >= 11 is 0. The van der Waals surface area contributed by atoms with Gasteiger partial charge in [-0.05, 0) is 61.4 Å². The number of ketones is 2. The molecule has 25 heavy (non-hydrogen) atoms. The summed E-state index contributed by atoms with van der Waals surface area (Å²) < 4.78 is 0. The molecule has 2 atom stereocenters. The van der Waals surface area contributed by atoms with Crippen molar-refractivity contribution in [1.29, 1.82) is 0 Å². The Morgan fingerprint density at radius 3 is 1.92 bits per heavy atom. The molecule has 132 valence electrons. The van der Waals surface area contributed by atoms with Gasteiger partial charge in [0.2, 0.25) is 0 Å². The van der Waals surface area contributed by atoms with Crippen molar-refractivity contribution in [3.05, 3.63) is 70.3 Å². The average Bonchev–Trinajstić information content (AvgIpc) is 2.59. The van der Waals surface area contributed by atoms with Gasteiger partial charge in [-0.1, -0.05) is 56.3 Å². The Kier molecular flexibility index (Phi) is 6.30. The zero-order valence-corrected chi connectivity index (χ0v) is 15.9. The van der Waals surface area contributed by atoms with Crippen LogP contribution in [0.2, 0.25) is 0 Å². The quantitative estimate of drug-likeness (QED) is 0.699. The molecule has 0 spiro atoms. The van der Waals surface area contributed by atoms with E-state index in [0.29, 0.717) is 0 Å². The van der Waals surface area contributed by atoms with Gasteiger partial charge < -0.3 is 0 Å². The summed E-state index contributed by atoms with van der Waals surface area (Å²) in [4.78, 5) is 25.4. The van der Waals surface area contributed by atoms with Crippen molar-refractivity contribution >= 4 is 11.6 Å². The maximum Gasteiger partial charge on any atom is 0.138 e. The maximum absolute atomic E-state index is 12.7.